The Morgan fingerprint density at radius 1 is 0.712 bits per heavy atom. The van der Waals surface area contributed by atoms with E-state index >= 15 is 0 Å². The molecule has 0 aromatic rings. The molecule has 8 aliphatic rings. The first-order chi connectivity index (χ1) is 31.0. The van der Waals surface area contributed by atoms with Crippen LogP contribution in [0, 0.1) is 51.8 Å². The second-order valence-electron chi connectivity index (χ2n) is 21.5. The average molecular weight is 941 g/mol. The Hall–Kier alpha value is -2.18. The van der Waals surface area contributed by atoms with Crippen molar-refractivity contribution in [3.8, 4) is 0 Å². The maximum absolute atomic E-state index is 15.0. The molecule has 0 aromatic heterocycles. The van der Waals surface area contributed by atoms with Gasteiger partial charge in [-0.05, 0) is 106 Å². The first-order valence-electron chi connectivity index (χ1n) is 23.7. The number of aliphatic hydroxyl groups excluding tert-OH is 10. The number of fused-ring (bicyclic) bond motifs is 4. The van der Waals surface area contributed by atoms with Gasteiger partial charge in [-0.2, -0.15) is 0 Å². The molecule has 374 valence electrons. The molecule has 0 radical (unpaired) electrons. The molecule has 19 heteroatoms. The Balaban J connectivity index is 0.989. The Morgan fingerprint density at radius 3 is 2.00 bits per heavy atom. The number of allylic oxidation sites excluding steroid dienone is 2. The van der Waals surface area contributed by atoms with E-state index in [0.29, 0.717) is 32.1 Å². The van der Waals surface area contributed by atoms with Gasteiger partial charge in [-0.1, -0.05) is 38.2 Å². The molecule has 26 atom stereocenters. The molecule has 0 spiro atoms. The number of hydrogen-bond donors (Lipinski definition) is 10. The molecule has 10 N–H and O–H groups in total. The molecule has 0 bridgehead atoms. The van der Waals surface area contributed by atoms with Crippen molar-refractivity contribution < 1.29 is 93.8 Å². The number of hydrogen-bond acceptors (Lipinski definition) is 19. The van der Waals surface area contributed by atoms with Crippen molar-refractivity contribution in [3.63, 3.8) is 0 Å². The smallest absolute Gasteiger partial charge is 0.314 e. The summed E-state index contributed by atoms with van der Waals surface area (Å²) < 4.78 is 40.9. The summed E-state index contributed by atoms with van der Waals surface area (Å²) in [4.78, 5) is 28.3. The molecule has 0 amide bonds. The minimum Gasteiger partial charge on any atom is -0.462 e. The first kappa shape index (κ1) is 50.2. The Kier molecular flexibility index (Phi) is 14.1. The van der Waals surface area contributed by atoms with E-state index in [2.05, 4.69) is 27.0 Å². The van der Waals surface area contributed by atoms with E-state index in [4.69, 9.17) is 33.2 Å². The van der Waals surface area contributed by atoms with Crippen molar-refractivity contribution >= 4 is 11.9 Å². The predicted molar refractivity (Wildman–Crippen MR) is 226 cm³/mol. The van der Waals surface area contributed by atoms with Crippen LogP contribution in [0.25, 0.3) is 0 Å². The number of carbonyl (C=O) groups excluding carboxylic acids is 2. The lowest BCUT2D eigenvalue weighted by Crippen LogP contribution is -2.67. The minimum atomic E-state index is -1.89. The maximum Gasteiger partial charge on any atom is 0.314 e. The van der Waals surface area contributed by atoms with Crippen molar-refractivity contribution in [1.82, 2.24) is 0 Å². The fourth-order valence-electron chi connectivity index (χ4n) is 14.3. The largest absolute Gasteiger partial charge is 0.462 e. The van der Waals surface area contributed by atoms with Gasteiger partial charge in [0.05, 0.1) is 37.3 Å². The Labute approximate surface area is 384 Å². The van der Waals surface area contributed by atoms with Crippen LogP contribution in [-0.2, 0) is 42.7 Å². The first-order valence-corrected chi connectivity index (χ1v) is 23.7. The van der Waals surface area contributed by atoms with E-state index in [1.54, 1.807) is 0 Å². The maximum atomic E-state index is 15.0. The van der Waals surface area contributed by atoms with Crippen molar-refractivity contribution in [2.24, 2.45) is 51.8 Å². The molecular weight excluding hydrogens is 868 g/mol. The summed E-state index contributed by atoms with van der Waals surface area (Å²) in [6.45, 7) is 17.1. The second-order valence-corrected chi connectivity index (χ2v) is 21.5. The molecule has 4 saturated heterocycles. The van der Waals surface area contributed by atoms with Gasteiger partial charge in [0.15, 0.2) is 12.6 Å². The lowest BCUT2D eigenvalue weighted by atomic mass is 9.35. The summed E-state index contributed by atoms with van der Waals surface area (Å²) in [6.07, 6.45) is -21.8. The molecule has 4 aliphatic carbocycles. The van der Waals surface area contributed by atoms with Gasteiger partial charge in [-0.3, -0.25) is 9.59 Å². The third-order valence-electron chi connectivity index (χ3n) is 18.1. The van der Waals surface area contributed by atoms with Gasteiger partial charge < -0.3 is 84.2 Å². The molecule has 4 heterocycles. The molecule has 0 aromatic carbocycles. The van der Waals surface area contributed by atoms with E-state index in [9.17, 15) is 60.7 Å². The summed E-state index contributed by atoms with van der Waals surface area (Å²) in [5.41, 5.74) is 0.0605. The van der Waals surface area contributed by atoms with Crippen LogP contribution >= 0.6 is 0 Å². The fraction of sp³-hybridized carbons (Fsp3) is 0.872. The highest BCUT2D eigenvalue weighted by atomic mass is 16.8. The van der Waals surface area contributed by atoms with Crippen LogP contribution in [-0.4, -0.2) is 181 Å². The van der Waals surface area contributed by atoms with Crippen LogP contribution < -0.4 is 0 Å². The van der Waals surface area contributed by atoms with Crippen LogP contribution in [0.3, 0.4) is 0 Å². The molecule has 26 unspecified atom stereocenters. The van der Waals surface area contributed by atoms with Crippen LogP contribution in [0.5, 0.6) is 0 Å². The highest BCUT2D eigenvalue weighted by molar-refractivity contribution is 5.78. The predicted octanol–water partition coefficient (Wildman–Crippen LogP) is -0.685. The molecule has 4 aliphatic heterocycles. The number of ether oxygens (including phenoxy) is 7. The van der Waals surface area contributed by atoms with Gasteiger partial charge in [0.2, 0.25) is 6.29 Å². The zero-order valence-electron chi connectivity index (χ0n) is 38.4. The van der Waals surface area contributed by atoms with E-state index in [1.807, 2.05) is 13.8 Å². The molecule has 66 heavy (non-hydrogen) atoms. The van der Waals surface area contributed by atoms with Gasteiger partial charge in [0.25, 0.3) is 0 Å². The number of esters is 2. The quantitative estimate of drug-likeness (QED) is 0.0958. The van der Waals surface area contributed by atoms with Crippen LogP contribution in [0.15, 0.2) is 24.3 Å². The minimum absolute atomic E-state index is 0.0269. The van der Waals surface area contributed by atoms with Crippen LogP contribution in [0.4, 0.5) is 0 Å². The molecular formula is C47H72O19. The standard InChI is InChI=1S/C47H72O19/c1-18(2)21-8-10-46(7)31-25(62-28(50)15-24(49)29(21)31)14-23-30-22(19(3)4)9-11-47(30,13-12-45(23,46)6)44(59)66-43-38(57)35(54)33(52)27(64-43)17-60-41-39(58)36(55)40(26(16-48)63-41)65-42-37(56)34(53)32(51)20(5)61-42/h20-27,29-43,48-49,51-58H,1,3,8-17H2,2,4-7H3. The van der Waals surface area contributed by atoms with Crippen LogP contribution in [0.2, 0.25) is 0 Å². The number of aliphatic hydroxyl groups is 10. The Bertz CT molecular complexity index is 1830. The second kappa shape index (κ2) is 18.5. The highest BCUT2D eigenvalue weighted by Gasteiger charge is 2.73. The van der Waals surface area contributed by atoms with Gasteiger partial charge >= 0.3 is 11.9 Å². The number of rotatable bonds is 10. The topological polar surface area (TPSA) is 301 Å². The van der Waals surface area contributed by atoms with E-state index in [0.717, 1.165) is 24.0 Å². The van der Waals surface area contributed by atoms with E-state index in [-0.39, 0.29) is 52.8 Å². The Morgan fingerprint density at radius 2 is 1.33 bits per heavy atom. The third kappa shape index (κ3) is 8.02. The van der Waals surface area contributed by atoms with E-state index in [1.165, 1.54) is 6.92 Å². The lowest BCUT2D eigenvalue weighted by molar-refractivity contribution is -0.361. The third-order valence-corrected chi connectivity index (χ3v) is 18.1. The molecule has 8 fully saturated rings. The van der Waals surface area contributed by atoms with Gasteiger partial charge in [0.1, 0.15) is 73.2 Å². The summed E-state index contributed by atoms with van der Waals surface area (Å²) in [5, 5.41) is 108. The van der Waals surface area contributed by atoms with E-state index < -0.39 is 135 Å². The lowest BCUT2D eigenvalue weighted by Gasteiger charge is -2.69. The van der Waals surface area contributed by atoms with Crippen LogP contribution in [0.1, 0.15) is 86.0 Å². The zero-order chi connectivity index (χ0) is 48.1. The van der Waals surface area contributed by atoms with Gasteiger partial charge in [-0.15, -0.1) is 0 Å². The van der Waals surface area contributed by atoms with Crippen molar-refractivity contribution in [2.45, 2.75) is 190 Å². The molecule has 4 saturated carbocycles. The normalized spacial score (nSPS) is 53.6. The number of carbonyl (C=O) groups is 2. The fourth-order valence-corrected chi connectivity index (χ4v) is 14.3. The summed E-state index contributed by atoms with van der Waals surface area (Å²) >= 11 is 0. The van der Waals surface area contributed by atoms with Crippen molar-refractivity contribution in [2.75, 3.05) is 13.2 Å². The molecule has 19 nitrogen and oxygen atoms in total. The summed E-state index contributed by atoms with van der Waals surface area (Å²) in [6, 6.07) is 0. The summed E-state index contributed by atoms with van der Waals surface area (Å²) in [7, 11) is 0. The monoisotopic (exact) mass is 940 g/mol. The SMILES string of the molecule is C=C(C)C1CCC2(C)C3C(CC4C5C(C(=C)C)CCC5(C(=O)OC5OC(COC6OC(CO)C(OC7OC(C)C(O)C(O)C7O)C(O)C6O)C(O)C(O)C5O)CCC42C)OC(=O)CC(O)C13. The molecule has 8 rings (SSSR count). The highest BCUT2D eigenvalue weighted by Crippen LogP contribution is 2.75. The van der Waals surface area contributed by atoms with Gasteiger partial charge in [0, 0.05) is 5.92 Å². The van der Waals surface area contributed by atoms with Gasteiger partial charge in [-0.25, -0.2) is 0 Å². The summed E-state index contributed by atoms with van der Waals surface area (Å²) in [5.74, 6) is -1.97. The zero-order valence-corrected chi connectivity index (χ0v) is 38.4. The van der Waals surface area contributed by atoms with Crippen molar-refractivity contribution in [1.29, 1.82) is 0 Å². The average Bonchev–Trinajstić information content (AvgIpc) is 3.62. The van der Waals surface area contributed by atoms with Crippen molar-refractivity contribution in [3.05, 3.63) is 24.3 Å².